The zero-order valence-electron chi connectivity index (χ0n) is 11.2. The standard InChI is InChI=1S/C13H17N3O2.ClH/c1-9(14-3)8-12-15-13(18-16-12)7-6-11-5-4-10(2)17-11;/h4-7,9,14H,8H2,1-3H3;1H/b7-6+;. The second kappa shape index (κ2) is 7.11. The van der Waals surface area contributed by atoms with Gasteiger partial charge in [-0.2, -0.15) is 4.98 Å². The van der Waals surface area contributed by atoms with E-state index in [0.29, 0.717) is 17.8 Å². The van der Waals surface area contributed by atoms with Gasteiger partial charge in [0.2, 0.25) is 0 Å². The van der Waals surface area contributed by atoms with Crippen molar-refractivity contribution in [3.8, 4) is 0 Å². The van der Waals surface area contributed by atoms with Crippen LogP contribution in [0.1, 0.15) is 30.2 Å². The molecule has 104 valence electrons. The molecule has 2 rings (SSSR count). The lowest BCUT2D eigenvalue weighted by molar-refractivity contribution is 0.400. The van der Waals surface area contributed by atoms with E-state index >= 15 is 0 Å². The van der Waals surface area contributed by atoms with Gasteiger partial charge in [0.25, 0.3) is 5.89 Å². The molecule has 5 nitrogen and oxygen atoms in total. The van der Waals surface area contributed by atoms with Gasteiger partial charge in [0.1, 0.15) is 11.5 Å². The minimum absolute atomic E-state index is 0. The third-order valence-corrected chi connectivity index (χ3v) is 2.62. The van der Waals surface area contributed by atoms with Gasteiger partial charge in [-0.15, -0.1) is 12.4 Å². The highest BCUT2D eigenvalue weighted by molar-refractivity contribution is 5.85. The van der Waals surface area contributed by atoms with E-state index in [-0.39, 0.29) is 12.4 Å². The van der Waals surface area contributed by atoms with Crippen LogP contribution in [0.4, 0.5) is 0 Å². The number of furan rings is 1. The molecule has 0 fully saturated rings. The van der Waals surface area contributed by atoms with E-state index < -0.39 is 0 Å². The van der Waals surface area contributed by atoms with Crippen molar-refractivity contribution in [1.82, 2.24) is 15.5 Å². The summed E-state index contributed by atoms with van der Waals surface area (Å²) in [5.41, 5.74) is 0. The lowest BCUT2D eigenvalue weighted by Crippen LogP contribution is -2.24. The molecule has 0 bridgehead atoms. The number of nitrogens with zero attached hydrogens (tertiary/aromatic N) is 2. The topological polar surface area (TPSA) is 64.1 Å². The number of rotatable bonds is 5. The third-order valence-electron chi connectivity index (χ3n) is 2.62. The maximum atomic E-state index is 5.41. The molecule has 1 N–H and O–H groups in total. The average Bonchev–Trinajstić information content (AvgIpc) is 2.96. The molecule has 6 heteroatoms. The Morgan fingerprint density at radius 1 is 1.37 bits per heavy atom. The highest BCUT2D eigenvalue weighted by Gasteiger charge is 2.07. The Hall–Kier alpha value is -1.59. The summed E-state index contributed by atoms with van der Waals surface area (Å²) >= 11 is 0. The van der Waals surface area contributed by atoms with Gasteiger partial charge in [0, 0.05) is 18.5 Å². The van der Waals surface area contributed by atoms with Crippen molar-refractivity contribution < 1.29 is 8.94 Å². The van der Waals surface area contributed by atoms with Gasteiger partial charge < -0.3 is 14.3 Å². The van der Waals surface area contributed by atoms with Gasteiger partial charge in [-0.1, -0.05) is 5.16 Å². The van der Waals surface area contributed by atoms with Crippen LogP contribution in [0, 0.1) is 6.92 Å². The molecule has 0 aliphatic heterocycles. The molecule has 0 radical (unpaired) electrons. The molecular weight excluding hydrogens is 266 g/mol. The molecule has 1 atom stereocenters. The molecule has 2 aromatic heterocycles. The van der Waals surface area contributed by atoms with Crippen LogP contribution >= 0.6 is 12.4 Å². The monoisotopic (exact) mass is 283 g/mol. The van der Waals surface area contributed by atoms with E-state index in [9.17, 15) is 0 Å². The minimum atomic E-state index is 0. The first-order valence-corrected chi connectivity index (χ1v) is 5.91. The first-order valence-electron chi connectivity index (χ1n) is 5.91. The van der Waals surface area contributed by atoms with Crippen LogP contribution in [0.15, 0.2) is 21.1 Å². The van der Waals surface area contributed by atoms with Gasteiger partial charge in [-0.3, -0.25) is 0 Å². The predicted molar refractivity (Wildman–Crippen MR) is 76.1 cm³/mol. The zero-order valence-corrected chi connectivity index (χ0v) is 12.0. The molecule has 2 heterocycles. The summed E-state index contributed by atoms with van der Waals surface area (Å²) in [4.78, 5) is 4.27. The summed E-state index contributed by atoms with van der Waals surface area (Å²) in [5.74, 6) is 2.84. The van der Waals surface area contributed by atoms with Crippen molar-refractivity contribution in [3.63, 3.8) is 0 Å². The second-order valence-electron chi connectivity index (χ2n) is 4.22. The molecule has 19 heavy (non-hydrogen) atoms. The average molecular weight is 284 g/mol. The van der Waals surface area contributed by atoms with E-state index in [4.69, 9.17) is 8.94 Å². The van der Waals surface area contributed by atoms with E-state index in [1.165, 1.54) is 0 Å². The normalized spacial score (nSPS) is 12.6. The summed E-state index contributed by atoms with van der Waals surface area (Å²) in [6.45, 7) is 3.97. The summed E-state index contributed by atoms with van der Waals surface area (Å²) in [6.07, 6.45) is 4.30. The first kappa shape index (κ1) is 15.5. The molecule has 0 amide bonds. The SMILES string of the molecule is CNC(C)Cc1noc(/C=C/c2ccc(C)o2)n1.Cl. The molecule has 0 aromatic carbocycles. The van der Waals surface area contributed by atoms with E-state index in [1.807, 2.05) is 32.2 Å². The van der Waals surface area contributed by atoms with Crippen LogP contribution in [0.5, 0.6) is 0 Å². The zero-order chi connectivity index (χ0) is 13.0. The number of hydrogen-bond acceptors (Lipinski definition) is 5. The highest BCUT2D eigenvalue weighted by atomic mass is 35.5. The summed E-state index contributed by atoms with van der Waals surface area (Å²) in [6, 6.07) is 4.13. The Labute approximate surface area is 118 Å². The fourth-order valence-electron chi connectivity index (χ4n) is 1.49. The molecule has 2 aromatic rings. The number of aryl methyl sites for hydroxylation is 1. The summed E-state index contributed by atoms with van der Waals surface area (Å²) in [5, 5.41) is 7.04. The molecule has 0 saturated carbocycles. The molecular formula is C13H18ClN3O2. The molecule has 0 saturated heterocycles. The Bertz CT molecular complexity index is 533. The van der Waals surface area contributed by atoms with Crippen molar-refractivity contribution in [1.29, 1.82) is 0 Å². The van der Waals surface area contributed by atoms with Gasteiger partial charge in [-0.25, -0.2) is 0 Å². The Morgan fingerprint density at radius 2 is 2.16 bits per heavy atom. The number of likely N-dealkylation sites (N-methyl/N-ethyl adjacent to an activating group) is 1. The fraction of sp³-hybridized carbons (Fsp3) is 0.385. The maximum Gasteiger partial charge on any atom is 0.250 e. The lowest BCUT2D eigenvalue weighted by Gasteiger charge is -2.04. The van der Waals surface area contributed by atoms with Crippen molar-refractivity contribution in [2.45, 2.75) is 26.3 Å². The molecule has 1 unspecified atom stereocenters. The first-order chi connectivity index (χ1) is 8.67. The van der Waals surface area contributed by atoms with Crippen LogP contribution < -0.4 is 5.32 Å². The molecule has 0 aliphatic carbocycles. The van der Waals surface area contributed by atoms with Crippen LogP contribution in [0.2, 0.25) is 0 Å². The van der Waals surface area contributed by atoms with E-state index in [2.05, 4.69) is 22.4 Å². The number of halogens is 1. The summed E-state index contributed by atoms with van der Waals surface area (Å²) in [7, 11) is 1.91. The Kier molecular flexibility index (Phi) is 5.79. The van der Waals surface area contributed by atoms with Crippen molar-refractivity contribution in [3.05, 3.63) is 35.4 Å². The largest absolute Gasteiger partial charge is 0.462 e. The maximum absolute atomic E-state index is 5.41. The lowest BCUT2D eigenvalue weighted by atomic mass is 10.2. The van der Waals surface area contributed by atoms with E-state index in [0.717, 1.165) is 17.9 Å². The quantitative estimate of drug-likeness (QED) is 0.914. The van der Waals surface area contributed by atoms with E-state index in [1.54, 1.807) is 6.08 Å². The van der Waals surface area contributed by atoms with Gasteiger partial charge in [0.15, 0.2) is 5.82 Å². The van der Waals surface area contributed by atoms with Crippen LogP contribution in [0.3, 0.4) is 0 Å². The van der Waals surface area contributed by atoms with Gasteiger partial charge in [0.05, 0.1) is 0 Å². The number of nitrogens with one attached hydrogen (secondary N) is 1. The van der Waals surface area contributed by atoms with Crippen LogP contribution in [-0.2, 0) is 6.42 Å². The highest BCUT2D eigenvalue weighted by Crippen LogP contribution is 2.10. The number of aromatic nitrogens is 2. The van der Waals surface area contributed by atoms with Crippen molar-refractivity contribution in [2.75, 3.05) is 7.05 Å². The predicted octanol–water partition coefficient (Wildman–Crippen LogP) is 2.71. The van der Waals surface area contributed by atoms with Crippen LogP contribution in [0.25, 0.3) is 12.2 Å². The molecule has 0 aliphatic rings. The third kappa shape index (κ3) is 4.54. The van der Waals surface area contributed by atoms with Crippen LogP contribution in [-0.4, -0.2) is 23.2 Å². The Balaban J connectivity index is 0.00000180. The second-order valence-corrected chi connectivity index (χ2v) is 4.22. The smallest absolute Gasteiger partial charge is 0.250 e. The summed E-state index contributed by atoms with van der Waals surface area (Å²) < 4.78 is 10.5. The minimum Gasteiger partial charge on any atom is -0.462 e. The van der Waals surface area contributed by atoms with Crippen molar-refractivity contribution in [2.24, 2.45) is 0 Å². The van der Waals surface area contributed by atoms with Gasteiger partial charge >= 0.3 is 0 Å². The fourth-order valence-corrected chi connectivity index (χ4v) is 1.49. The van der Waals surface area contributed by atoms with Gasteiger partial charge in [-0.05, 0) is 39.1 Å². The molecule has 0 spiro atoms. The number of hydrogen-bond donors (Lipinski definition) is 1. The Morgan fingerprint density at radius 3 is 2.79 bits per heavy atom. The van der Waals surface area contributed by atoms with Crippen molar-refractivity contribution >= 4 is 24.6 Å².